The Morgan fingerprint density at radius 3 is 2.30 bits per heavy atom. The predicted molar refractivity (Wildman–Crippen MR) is 100 cm³/mol. The summed E-state index contributed by atoms with van der Waals surface area (Å²) in [4.78, 5) is 47.2. The van der Waals surface area contributed by atoms with E-state index < -0.39 is 54.6 Å². The smallest absolute Gasteiger partial charge is 1.00 e. The van der Waals surface area contributed by atoms with E-state index in [-0.39, 0.29) is 53.4 Å². The Hall–Kier alpha value is -0.400. The zero-order chi connectivity index (χ0) is 23.2. The average molecular weight is 549 g/mol. The number of nitrogen functional groups attached to an aromatic ring is 1. The molecule has 1 aliphatic heterocycles. The van der Waals surface area contributed by atoms with Gasteiger partial charge in [0.05, 0.1) is 12.9 Å². The van der Waals surface area contributed by atoms with Gasteiger partial charge < -0.3 is 47.2 Å². The van der Waals surface area contributed by atoms with E-state index >= 15 is 0 Å². The van der Waals surface area contributed by atoms with E-state index in [0.29, 0.717) is 0 Å². The van der Waals surface area contributed by atoms with Gasteiger partial charge in [0, 0.05) is 0 Å². The number of aliphatic hydroxyl groups is 2. The first-order valence-electron chi connectivity index (χ1n) is 7.92. The molecule has 0 bridgehead atoms. The summed E-state index contributed by atoms with van der Waals surface area (Å²) in [5.74, 6) is 0.0426. The predicted octanol–water partition coefficient (Wildman–Crippen LogP) is -5.34. The summed E-state index contributed by atoms with van der Waals surface area (Å²) in [7, 11) is -16.7. The van der Waals surface area contributed by atoms with E-state index in [1.807, 2.05) is 0 Å². The Labute approximate surface area is 207 Å². The van der Waals surface area contributed by atoms with Crippen LogP contribution in [0.25, 0.3) is 11.2 Å². The van der Waals surface area contributed by atoms with E-state index in [2.05, 4.69) is 28.1 Å². The quantitative estimate of drug-likeness (QED) is 0.119. The number of hydrogen-bond donors (Lipinski definition) is 7. The number of hydrogen-bond acceptors (Lipinski definition) is 13. The van der Waals surface area contributed by atoms with Crippen molar-refractivity contribution in [1.29, 1.82) is 0 Å². The molecule has 2 aromatic rings. The van der Waals surface area contributed by atoms with Gasteiger partial charge in [0.2, 0.25) is 0 Å². The van der Waals surface area contributed by atoms with Gasteiger partial charge in [0.25, 0.3) is 0 Å². The number of ether oxygens (including phenoxy) is 1. The Morgan fingerprint density at radius 2 is 1.70 bits per heavy atom. The number of rotatable bonds is 8. The molecule has 0 spiro atoms. The fourth-order valence-corrected chi connectivity index (χ4v) is 5.65. The summed E-state index contributed by atoms with van der Waals surface area (Å²) >= 11 is 0. The van der Waals surface area contributed by atoms with Crippen molar-refractivity contribution in [2.45, 2.75) is 24.5 Å². The molecular formula is C10H19N5NaO14P3. The van der Waals surface area contributed by atoms with Crippen molar-refractivity contribution >= 4 is 40.4 Å². The molecule has 10 N–H and O–H groups in total. The Bertz CT molecular complexity index is 1120. The normalized spacial score (nSPS) is 26.7. The molecule has 6 atom stereocenters. The maximum absolute atomic E-state index is 11.8. The van der Waals surface area contributed by atoms with Crippen LogP contribution in [0.2, 0.25) is 0 Å². The van der Waals surface area contributed by atoms with E-state index in [1.165, 1.54) is 10.9 Å². The maximum atomic E-state index is 11.8. The minimum Gasteiger partial charge on any atom is -1.00 e. The van der Waals surface area contributed by atoms with Gasteiger partial charge in [-0.2, -0.15) is 8.62 Å². The number of nitrogens with zero attached hydrogens (tertiary/aromatic N) is 4. The molecule has 0 radical (unpaired) electrons. The molecule has 33 heavy (non-hydrogen) atoms. The second-order valence-electron chi connectivity index (χ2n) is 6.02. The van der Waals surface area contributed by atoms with Crippen LogP contribution in [0.1, 0.15) is 7.65 Å². The van der Waals surface area contributed by atoms with Crippen LogP contribution in [-0.4, -0.2) is 79.7 Å². The molecule has 0 saturated carbocycles. The van der Waals surface area contributed by atoms with Gasteiger partial charge in [-0.25, -0.2) is 28.6 Å². The van der Waals surface area contributed by atoms with Crippen LogP contribution >= 0.6 is 23.5 Å². The first-order chi connectivity index (χ1) is 14.2. The summed E-state index contributed by atoms with van der Waals surface area (Å²) in [6, 6.07) is 0. The van der Waals surface area contributed by atoms with E-state index in [9.17, 15) is 28.8 Å². The molecule has 23 heteroatoms. The van der Waals surface area contributed by atoms with Gasteiger partial charge in [-0.15, -0.1) is 0 Å². The summed E-state index contributed by atoms with van der Waals surface area (Å²) in [6.45, 7) is -0.956. The molecule has 0 amide bonds. The molecule has 3 rings (SSSR count). The Morgan fingerprint density at radius 1 is 1.06 bits per heavy atom. The number of imidazole rings is 1. The fourth-order valence-electron chi connectivity index (χ4n) is 2.62. The summed E-state index contributed by atoms with van der Waals surface area (Å²) in [6.07, 6.45) is -3.69. The molecule has 1 fully saturated rings. The number of fused-ring (bicyclic) bond motifs is 1. The second-order valence-corrected chi connectivity index (χ2v) is 10.4. The fraction of sp³-hybridized carbons (Fsp3) is 0.500. The molecule has 19 nitrogen and oxygen atoms in total. The van der Waals surface area contributed by atoms with Crippen LogP contribution < -0.4 is 35.3 Å². The number of phosphoric acid groups is 3. The number of aromatic nitrogens is 4. The first kappa shape index (κ1) is 30.6. The van der Waals surface area contributed by atoms with E-state index in [4.69, 9.17) is 25.2 Å². The van der Waals surface area contributed by atoms with Crippen molar-refractivity contribution in [3.8, 4) is 0 Å². The number of nitrogens with two attached hydrogens (primary N) is 1. The zero-order valence-corrected chi connectivity index (χ0v) is 21.1. The van der Waals surface area contributed by atoms with Crippen molar-refractivity contribution in [2.24, 2.45) is 0 Å². The first-order valence-corrected chi connectivity index (χ1v) is 12.4. The standard InChI is InChI=1S/C10H16N5O13P3.Na.H2O.H/c11-8-5-9(13-2-12-8)15(3-14-5)10-7(17)6(16)4(26-10)1-25-30(21,22)28-31(23,24)27-29(18,19)20;;;/h2-4,6-7,10,16-17H,1H2,(H,21,22)(H,23,24)(H2,11,12,13)(H2,18,19,20);;1H2;/q;+1;;-1/t4-,6-,7-,10-;;;/m1.../s1. The Balaban J connectivity index is 0.00000363. The number of anilines is 1. The SMILES string of the molecule is Nc1ncnc2c1ncn2[C@@H]1O[C@H](COP(=O)(O)OP(=O)(O)OP(=O)(O)O)[C@@H](O)[C@H]1O.O.[H-].[Na+]. The monoisotopic (exact) mass is 549 g/mol. The van der Waals surface area contributed by atoms with Crippen LogP contribution in [0, 0.1) is 0 Å². The van der Waals surface area contributed by atoms with Crippen molar-refractivity contribution < 1.29 is 97.8 Å². The van der Waals surface area contributed by atoms with Crippen LogP contribution in [-0.2, 0) is 31.6 Å². The van der Waals surface area contributed by atoms with Gasteiger partial charge in [-0.05, 0) is 0 Å². The molecule has 2 unspecified atom stereocenters. The Kier molecular flexibility index (Phi) is 10.3. The second kappa shape index (κ2) is 11.1. The third-order valence-corrected chi connectivity index (χ3v) is 7.62. The minimum absolute atomic E-state index is 0. The van der Waals surface area contributed by atoms with Crippen molar-refractivity contribution in [2.75, 3.05) is 12.3 Å². The topological polar surface area (TPSA) is 311 Å². The van der Waals surface area contributed by atoms with Gasteiger partial charge in [-0.1, -0.05) is 0 Å². The average Bonchev–Trinajstić information content (AvgIpc) is 3.13. The van der Waals surface area contributed by atoms with Crippen LogP contribution in [0.5, 0.6) is 0 Å². The largest absolute Gasteiger partial charge is 1.00 e. The zero-order valence-electron chi connectivity index (χ0n) is 17.4. The summed E-state index contributed by atoms with van der Waals surface area (Å²) in [5.41, 5.74) is 6.00. The molecule has 0 aliphatic carbocycles. The van der Waals surface area contributed by atoms with Gasteiger partial charge >= 0.3 is 53.0 Å². The maximum Gasteiger partial charge on any atom is 1.00 e. The molecule has 2 aromatic heterocycles. The van der Waals surface area contributed by atoms with Crippen molar-refractivity contribution in [3.63, 3.8) is 0 Å². The van der Waals surface area contributed by atoms with Gasteiger partial charge in [0.1, 0.15) is 30.2 Å². The summed E-state index contributed by atoms with van der Waals surface area (Å²) < 4.78 is 51.9. The van der Waals surface area contributed by atoms with Crippen LogP contribution in [0.4, 0.5) is 5.82 Å². The van der Waals surface area contributed by atoms with E-state index in [1.54, 1.807) is 0 Å². The van der Waals surface area contributed by atoms with Crippen LogP contribution in [0.3, 0.4) is 0 Å². The minimum atomic E-state index is -5.70. The molecule has 3 heterocycles. The van der Waals surface area contributed by atoms with Crippen molar-refractivity contribution in [3.05, 3.63) is 12.7 Å². The number of phosphoric ester groups is 1. The molecule has 0 aromatic carbocycles. The van der Waals surface area contributed by atoms with Crippen molar-refractivity contribution in [1.82, 2.24) is 19.5 Å². The van der Waals surface area contributed by atoms with E-state index in [0.717, 1.165) is 6.33 Å². The summed E-state index contributed by atoms with van der Waals surface area (Å²) in [5, 5.41) is 20.4. The molecule has 184 valence electrons. The van der Waals surface area contributed by atoms with Gasteiger partial charge in [0.15, 0.2) is 17.7 Å². The van der Waals surface area contributed by atoms with Gasteiger partial charge in [-0.3, -0.25) is 9.09 Å². The molecular weight excluding hydrogens is 530 g/mol. The molecule has 1 saturated heterocycles. The third-order valence-electron chi connectivity index (χ3n) is 3.82. The number of aliphatic hydroxyl groups excluding tert-OH is 2. The van der Waals surface area contributed by atoms with Crippen LogP contribution in [0.15, 0.2) is 12.7 Å². The third kappa shape index (κ3) is 7.54. The molecule has 1 aliphatic rings.